The number of aliphatic hydroxyl groups is 1. The van der Waals surface area contributed by atoms with E-state index in [1.165, 1.54) is 42.6 Å². The van der Waals surface area contributed by atoms with Crippen molar-refractivity contribution in [2.45, 2.75) is 70.9 Å². The fourth-order valence-electron chi connectivity index (χ4n) is 4.04. The zero-order valence-electron chi connectivity index (χ0n) is 11.7. The molecule has 0 saturated heterocycles. The second-order valence-electron chi connectivity index (χ2n) is 6.29. The molecule has 1 fully saturated rings. The fraction of sp³-hybridized carbons (Fsp3) is 0.750. The lowest BCUT2D eigenvalue weighted by Gasteiger charge is -2.34. The normalized spacial score (nSPS) is 32.3. The van der Waals surface area contributed by atoms with Gasteiger partial charge in [0.15, 0.2) is 0 Å². The number of hydrogen-bond donors (Lipinski definition) is 1. The molecule has 2 heteroatoms. The molecular formula is C16H25NO. The molecule has 2 aliphatic rings. The van der Waals surface area contributed by atoms with Crippen LogP contribution in [0.5, 0.6) is 0 Å². The minimum Gasteiger partial charge on any atom is -0.388 e. The Morgan fingerprint density at radius 2 is 1.94 bits per heavy atom. The van der Waals surface area contributed by atoms with Crippen LogP contribution in [0.25, 0.3) is 0 Å². The SMILES string of the molecule is Cc1cc2c(n1C1CCCCC1C)CCCC2O. The van der Waals surface area contributed by atoms with Crippen molar-refractivity contribution in [2.75, 3.05) is 0 Å². The Morgan fingerprint density at radius 1 is 1.17 bits per heavy atom. The first-order chi connectivity index (χ1) is 8.68. The van der Waals surface area contributed by atoms with Gasteiger partial charge in [0.2, 0.25) is 0 Å². The van der Waals surface area contributed by atoms with Crippen LogP contribution in [0.4, 0.5) is 0 Å². The van der Waals surface area contributed by atoms with E-state index in [1.807, 2.05) is 0 Å². The van der Waals surface area contributed by atoms with E-state index in [2.05, 4.69) is 24.5 Å². The van der Waals surface area contributed by atoms with Gasteiger partial charge in [-0.15, -0.1) is 0 Å². The Bertz CT molecular complexity index is 435. The van der Waals surface area contributed by atoms with E-state index in [4.69, 9.17) is 0 Å². The van der Waals surface area contributed by atoms with E-state index in [0.717, 1.165) is 25.2 Å². The van der Waals surface area contributed by atoms with Crippen LogP contribution in [0, 0.1) is 12.8 Å². The largest absolute Gasteiger partial charge is 0.388 e. The number of nitrogens with zero attached hydrogens (tertiary/aromatic N) is 1. The molecule has 1 N–H and O–H groups in total. The summed E-state index contributed by atoms with van der Waals surface area (Å²) in [5.41, 5.74) is 4.02. The van der Waals surface area contributed by atoms with Crippen LogP contribution in [-0.4, -0.2) is 9.67 Å². The van der Waals surface area contributed by atoms with E-state index >= 15 is 0 Å². The third-order valence-electron chi connectivity index (χ3n) is 5.02. The van der Waals surface area contributed by atoms with Gasteiger partial charge in [0, 0.05) is 23.0 Å². The molecule has 2 aliphatic carbocycles. The van der Waals surface area contributed by atoms with Crippen molar-refractivity contribution in [1.29, 1.82) is 0 Å². The summed E-state index contributed by atoms with van der Waals surface area (Å²) >= 11 is 0. The van der Waals surface area contributed by atoms with Crippen molar-refractivity contribution < 1.29 is 5.11 Å². The Kier molecular flexibility index (Phi) is 3.23. The number of fused-ring (bicyclic) bond motifs is 1. The summed E-state index contributed by atoms with van der Waals surface area (Å²) in [4.78, 5) is 0. The van der Waals surface area contributed by atoms with Crippen molar-refractivity contribution in [3.8, 4) is 0 Å². The van der Waals surface area contributed by atoms with Gasteiger partial charge < -0.3 is 9.67 Å². The number of aromatic nitrogens is 1. The number of aliphatic hydroxyl groups excluding tert-OH is 1. The van der Waals surface area contributed by atoms with Crippen molar-refractivity contribution in [3.63, 3.8) is 0 Å². The summed E-state index contributed by atoms with van der Waals surface area (Å²) in [6, 6.07) is 2.91. The molecule has 2 nitrogen and oxygen atoms in total. The maximum Gasteiger partial charge on any atom is 0.0807 e. The van der Waals surface area contributed by atoms with Crippen LogP contribution in [0.2, 0.25) is 0 Å². The van der Waals surface area contributed by atoms with Gasteiger partial charge in [-0.2, -0.15) is 0 Å². The molecule has 0 amide bonds. The molecule has 0 aliphatic heterocycles. The highest BCUT2D eigenvalue weighted by Gasteiger charge is 2.29. The van der Waals surface area contributed by atoms with E-state index in [1.54, 1.807) is 0 Å². The lowest BCUT2D eigenvalue weighted by molar-refractivity contribution is 0.153. The summed E-state index contributed by atoms with van der Waals surface area (Å²) in [5.74, 6) is 0.785. The lowest BCUT2D eigenvalue weighted by atomic mass is 9.85. The average Bonchev–Trinajstić information content (AvgIpc) is 2.68. The van der Waals surface area contributed by atoms with Crippen LogP contribution >= 0.6 is 0 Å². The summed E-state index contributed by atoms with van der Waals surface area (Å²) in [6.07, 6.45) is 8.46. The van der Waals surface area contributed by atoms with Crippen molar-refractivity contribution in [3.05, 3.63) is 23.0 Å². The second kappa shape index (κ2) is 4.73. The number of rotatable bonds is 1. The quantitative estimate of drug-likeness (QED) is 0.799. The highest BCUT2D eigenvalue weighted by molar-refractivity contribution is 5.32. The van der Waals surface area contributed by atoms with E-state index in [9.17, 15) is 5.11 Å². The predicted octanol–water partition coefficient (Wildman–Crippen LogP) is 3.92. The fourth-order valence-corrected chi connectivity index (χ4v) is 4.04. The summed E-state index contributed by atoms with van der Waals surface area (Å²) < 4.78 is 2.57. The first kappa shape index (κ1) is 12.3. The molecule has 0 radical (unpaired) electrons. The number of hydrogen-bond acceptors (Lipinski definition) is 1. The highest BCUT2D eigenvalue weighted by atomic mass is 16.3. The number of aryl methyl sites for hydroxylation is 1. The Hall–Kier alpha value is -0.760. The molecule has 0 aromatic carbocycles. The molecule has 0 bridgehead atoms. The molecule has 18 heavy (non-hydrogen) atoms. The lowest BCUT2D eigenvalue weighted by Crippen LogP contribution is -2.24. The topological polar surface area (TPSA) is 25.2 Å². The maximum atomic E-state index is 10.2. The molecule has 1 aromatic heterocycles. The molecule has 3 rings (SSSR count). The molecule has 3 atom stereocenters. The average molecular weight is 247 g/mol. The zero-order chi connectivity index (χ0) is 12.7. The molecule has 1 aromatic rings. The van der Waals surface area contributed by atoms with Gasteiger partial charge in [-0.25, -0.2) is 0 Å². The van der Waals surface area contributed by atoms with Gasteiger partial charge in [-0.1, -0.05) is 19.8 Å². The predicted molar refractivity (Wildman–Crippen MR) is 73.7 cm³/mol. The molecule has 0 spiro atoms. The van der Waals surface area contributed by atoms with Gasteiger partial charge in [-0.05, 0) is 51.0 Å². The minimum absolute atomic E-state index is 0.215. The van der Waals surface area contributed by atoms with Crippen molar-refractivity contribution in [2.24, 2.45) is 5.92 Å². The van der Waals surface area contributed by atoms with Crippen LogP contribution in [-0.2, 0) is 6.42 Å². The molecule has 3 unspecified atom stereocenters. The summed E-state index contributed by atoms with van der Waals surface area (Å²) in [6.45, 7) is 4.61. The van der Waals surface area contributed by atoms with Crippen LogP contribution in [0.1, 0.15) is 74.5 Å². The smallest absolute Gasteiger partial charge is 0.0807 e. The minimum atomic E-state index is -0.215. The second-order valence-corrected chi connectivity index (χ2v) is 6.29. The van der Waals surface area contributed by atoms with Gasteiger partial charge in [0.25, 0.3) is 0 Å². The molecular weight excluding hydrogens is 222 g/mol. The standard InChI is InChI=1S/C16H25NO/c1-11-6-3-4-7-14(11)17-12(2)10-13-15(17)8-5-9-16(13)18/h10-11,14,16,18H,3-9H2,1-2H3. The van der Waals surface area contributed by atoms with E-state index in [-0.39, 0.29) is 6.10 Å². The van der Waals surface area contributed by atoms with Gasteiger partial charge in [-0.3, -0.25) is 0 Å². The molecule has 1 heterocycles. The maximum absolute atomic E-state index is 10.2. The molecule has 1 saturated carbocycles. The summed E-state index contributed by atoms with van der Waals surface area (Å²) in [7, 11) is 0. The summed E-state index contributed by atoms with van der Waals surface area (Å²) in [5, 5.41) is 10.2. The monoisotopic (exact) mass is 247 g/mol. The first-order valence-corrected chi connectivity index (χ1v) is 7.57. The first-order valence-electron chi connectivity index (χ1n) is 7.57. The van der Waals surface area contributed by atoms with Crippen LogP contribution < -0.4 is 0 Å². The highest BCUT2D eigenvalue weighted by Crippen LogP contribution is 2.40. The Morgan fingerprint density at radius 3 is 2.72 bits per heavy atom. The van der Waals surface area contributed by atoms with Crippen molar-refractivity contribution >= 4 is 0 Å². The van der Waals surface area contributed by atoms with Crippen LogP contribution in [0.15, 0.2) is 6.07 Å². The van der Waals surface area contributed by atoms with E-state index < -0.39 is 0 Å². The molecule has 100 valence electrons. The Balaban J connectivity index is 2.01. The van der Waals surface area contributed by atoms with Crippen LogP contribution in [0.3, 0.4) is 0 Å². The van der Waals surface area contributed by atoms with Crippen molar-refractivity contribution in [1.82, 2.24) is 4.57 Å². The third kappa shape index (κ3) is 1.91. The van der Waals surface area contributed by atoms with E-state index in [0.29, 0.717) is 6.04 Å². The zero-order valence-corrected chi connectivity index (χ0v) is 11.7. The van der Waals surface area contributed by atoms with Gasteiger partial charge in [0.1, 0.15) is 0 Å². The van der Waals surface area contributed by atoms with Gasteiger partial charge >= 0.3 is 0 Å². The third-order valence-corrected chi connectivity index (χ3v) is 5.02. The Labute approximate surface area is 110 Å². The van der Waals surface area contributed by atoms with Gasteiger partial charge in [0.05, 0.1) is 6.10 Å².